The molecule has 0 unspecified atom stereocenters. The van der Waals surface area contributed by atoms with Crippen LogP contribution in [-0.4, -0.2) is 32.0 Å². The molecule has 1 amide bonds. The summed E-state index contributed by atoms with van der Waals surface area (Å²) in [6, 6.07) is 0.150. The van der Waals surface area contributed by atoms with E-state index in [2.05, 4.69) is 22.1 Å². The number of carbonyl (C=O) groups excluding carboxylic acids is 1. The predicted octanol–water partition coefficient (Wildman–Crippen LogP) is 1.47. The van der Waals surface area contributed by atoms with E-state index in [4.69, 9.17) is 0 Å². The van der Waals surface area contributed by atoms with Crippen molar-refractivity contribution in [3.05, 3.63) is 19.0 Å². The number of nitrogens with one attached hydrogen (secondary N) is 1. The van der Waals surface area contributed by atoms with Crippen molar-refractivity contribution in [3.8, 4) is 0 Å². The summed E-state index contributed by atoms with van der Waals surface area (Å²) in [6.07, 6.45) is 3.41. The van der Waals surface area contributed by atoms with Crippen LogP contribution in [0.5, 0.6) is 0 Å². The summed E-state index contributed by atoms with van der Waals surface area (Å²) in [7, 11) is 0. The molecule has 0 radical (unpaired) electrons. The Balaban J connectivity index is 2.60. The van der Waals surface area contributed by atoms with Gasteiger partial charge in [-0.05, 0) is 20.8 Å². The van der Waals surface area contributed by atoms with E-state index in [9.17, 15) is 4.79 Å². The number of hydrogen-bond donors (Lipinski definition) is 1. The molecule has 1 heterocycles. The van der Waals surface area contributed by atoms with Crippen LogP contribution < -0.4 is 5.32 Å². The number of aromatic nitrogens is 3. The van der Waals surface area contributed by atoms with Gasteiger partial charge in [0, 0.05) is 12.6 Å². The molecule has 1 aromatic heterocycles. The van der Waals surface area contributed by atoms with Crippen molar-refractivity contribution in [2.75, 3.05) is 0 Å². The predicted molar refractivity (Wildman–Crippen MR) is 68.8 cm³/mol. The maximum absolute atomic E-state index is 11.7. The van der Waals surface area contributed by atoms with Crippen LogP contribution in [0.4, 0.5) is 0 Å². The van der Waals surface area contributed by atoms with Crippen LogP contribution in [0.25, 0.3) is 0 Å². The second-order valence-corrected chi connectivity index (χ2v) is 5.29. The maximum atomic E-state index is 11.7. The van der Waals surface area contributed by atoms with Crippen LogP contribution in [0.1, 0.15) is 20.8 Å². The lowest BCUT2D eigenvalue weighted by atomic mass is 10.3. The minimum atomic E-state index is -0.190. The number of allylic oxidation sites excluding steroid dienone is 1. The Hall–Kier alpha value is -1.30. The van der Waals surface area contributed by atoms with E-state index < -0.39 is 0 Å². The molecule has 0 aromatic carbocycles. The van der Waals surface area contributed by atoms with E-state index >= 15 is 0 Å². The molecule has 0 aliphatic heterocycles. The first-order valence-electron chi connectivity index (χ1n) is 5.50. The zero-order chi connectivity index (χ0) is 12.8. The van der Waals surface area contributed by atoms with Gasteiger partial charge in [0.05, 0.1) is 5.25 Å². The third-order valence-electron chi connectivity index (χ3n) is 1.99. The van der Waals surface area contributed by atoms with Crippen LogP contribution in [0.3, 0.4) is 0 Å². The van der Waals surface area contributed by atoms with Gasteiger partial charge >= 0.3 is 0 Å². The summed E-state index contributed by atoms with van der Waals surface area (Å²) in [4.78, 5) is 11.7. The number of thioether (sulfide) groups is 1. The molecular formula is C11H18N4OS. The Kier molecular flexibility index (Phi) is 5.21. The molecule has 0 saturated carbocycles. The average Bonchev–Trinajstić information content (AvgIpc) is 2.65. The van der Waals surface area contributed by atoms with Gasteiger partial charge < -0.3 is 9.88 Å². The smallest absolute Gasteiger partial charge is 0.233 e. The summed E-state index contributed by atoms with van der Waals surface area (Å²) >= 11 is 1.40. The molecule has 0 aliphatic rings. The summed E-state index contributed by atoms with van der Waals surface area (Å²) in [5.41, 5.74) is 0. The first-order chi connectivity index (χ1) is 8.04. The third kappa shape index (κ3) is 4.22. The lowest BCUT2D eigenvalue weighted by molar-refractivity contribution is -0.120. The molecule has 17 heavy (non-hydrogen) atoms. The summed E-state index contributed by atoms with van der Waals surface area (Å²) in [5, 5.41) is 11.2. The highest BCUT2D eigenvalue weighted by atomic mass is 32.2. The normalized spacial score (nSPS) is 12.5. The van der Waals surface area contributed by atoms with Gasteiger partial charge in [-0.1, -0.05) is 17.8 Å². The molecule has 1 N–H and O–H groups in total. The Morgan fingerprint density at radius 3 is 2.94 bits per heavy atom. The topological polar surface area (TPSA) is 59.8 Å². The van der Waals surface area contributed by atoms with Crippen molar-refractivity contribution in [2.45, 2.75) is 43.8 Å². The third-order valence-corrected chi connectivity index (χ3v) is 3.08. The van der Waals surface area contributed by atoms with Crippen molar-refractivity contribution < 1.29 is 4.79 Å². The Bertz CT molecular complexity index is 389. The van der Waals surface area contributed by atoms with Gasteiger partial charge in [0.15, 0.2) is 5.16 Å². The van der Waals surface area contributed by atoms with E-state index in [1.807, 2.05) is 25.3 Å². The van der Waals surface area contributed by atoms with Crippen molar-refractivity contribution in [1.82, 2.24) is 20.1 Å². The van der Waals surface area contributed by atoms with Gasteiger partial charge in [-0.3, -0.25) is 4.79 Å². The molecule has 0 spiro atoms. The Morgan fingerprint density at radius 2 is 2.35 bits per heavy atom. The van der Waals surface area contributed by atoms with E-state index in [0.717, 1.165) is 5.16 Å². The van der Waals surface area contributed by atoms with E-state index in [-0.39, 0.29) is 17.2 Å². The van der Waals surface area contributed by atoms with Gasteiger partial charge in [0.25, 0.3) is 0 Å². The van der Waals surface area contributed by atoms with Crippen LogP contribution in [0.15, 0.2) is 24.1 Å². The largest absolute Gasteiger partial charge is 0.353 e. The lowest BCUT2D eigenvalue weighted by Crippen LogP contribution is -2.36. The second kappa shape index (κ2) is 6.44. The number of nitrogens with zero attached hydrogens (tertiary/aromatic N) is 3. The van der Waals surface area contributed by atoms with Crippen LogP contribution in [-0.2, 0) is 11.3 Å². The molecule has 0 bridgehead atoms. The number of hydrogen-bond acceptors (Lipinski definition) is 4. The van der Waals surface area contributed by atoms with E-state index in [1.165, 1.54) is 11.8 Å². The van der Waals surface area contributed by atoms with Crippen LogP contribution in [0.2, 0.25) is 0 Å². The number of rotatable bonds is 6. The highest BCUT2D eigenvalue weighted by Gasteiger charge is 2.17. The molecule has 0 fully saturated rings. The number of carbonyl (C=O) groups is 1. The average molecular weight is 254 g/mol. The highest BCUT2D eigenvalue weighted by Crippen LogP contribution is 2.20. The zero-order valence-electron chi connectivity index (χ0n) is 10.4. The zero-order valence-corrected chi connectivity index (χ0v) is 11.2. The minimum absolute atomic E-state index is 0.0122. The fourth-order valence-corrected chi connectivity index (χ4v) is 2.06. The van der Waals surface area contributed by atoms with E-state index in [1.54, 1.807) is 12.4 Å². The highest BCUT2D eigenvalue weighted by molar-refractivity contribution is 8.00. The fraction of sp³-hybridized carbons (Fsp3) is 0.545. The second-order valence-electron chi connectivity index (χ2n) is 3.98. The van der Waals surface area contributed by atoms with Gasteiger partial charge in [-0.2, -0.15) is 0 Å². The van der Waals surface area contributed by atoms with Crippen LogP contribution in [0, 0.1) is 0 Å². The maximum Gasteiger partial charge on any atom is 0.233 e. The minimum Gasteiger partial charge on any atom is -0.353 e. The molecule has 0 saturated heterocycles. The van der Waals surface area contributed by atoms with Gasteiger partial charge in [-0.25, -0.2) is 0 Å². The summed E-state index contributed by atoms with van der Waals surface area (Å²) < 4.78 is 1.86. The summed E-state index contributed by atoms with van der Waals surface area (Å²) in [5.74, 6) is 0.0122. The molecule has 5 nitrogen and oxygen atoms in total. The molecule has 0 aliphatic carbocycles. The molecule has 1 rings (SSSR count). The Morgan fingerprint density at radius 1 is 1.65 bits per heavy atom. The monoisotopic (exact) mass is 254 g/mol. The lowest BCUT2D eigenvalue weighted by Gasteiger charge is -2.13. The van der Waals surface area contributed by atoms with E-state index in [0.29, 0.717) is 6.54 Å². The molecule has 1 aromatic rings. The van der Waals surface area contributed by atoms with Crippen molar-refractivity contribution in [2.24, 2.45) is 0 Å². The SMILES string of the molecule is C=CCn1cnnc1S[C@@H](C)C(=O)NC(C)C. The quantitative estimate of drug-likeness (QED) is 0.617. The first-order valence-corrected chi connectivity index (χ1v) is 6.38. The van der Waals surface area contributed by atoms with Crippen LogP contribution >= 0.6 is 11.8 Å². The molecule has 1 atom stereocenters. The molecular weight excluding hydrogens is 236 g/mol. The van der Waals surface area contributed by atoms with Gasteiger partial charge in [0.1, 0.15) is 6.33 Å². The molecule has 6 heteroatoms. The van der Waals surface area contributed by atoms with Gasteiger partial charge in [0.2, 0.25) is 5.91 Å². The van der Waals surface area contributed by atoms with Crippen molar-refractivity contribution >= 4 is 17.7 Å². The van der Waals surface area contributed by atoms with Crippen molar-refractivity contribution in [3.63, 3.8) is 0 Å². The standard InChI is InChI=1S/C11H18N4OS/c1-5-6-15-7-12-14-11(15)17-9(4)10(16)13-8(2)3/h5,7-9H,1,6H2,2-4H3,(H,13,16)/t9-/m0/s1. The number of amides is 1. The van der Waals surface area contributed by atoms with Gasteiger partial charge in [-0.15, -0.1) is 16.8 Å². The Labute approximate surface area is 106 Å². The molecule has 94 valence electrons. The van der Waals surface area contributed by atoms with Crippen molar-refractivity contribution in [1.29, 1.82) is 0 Å². The first kappa shape index (κ1) is 13.8. The summed E-state index contributed by atoms with van der Waals surface area (Å²) in [6.45, 7) is 10.0. The fourth-order valence-electron chi connectivity index (χ4n) is 1.21.